The smallest absolute Gasteiger partial charge is 0.0406 e. The molecule has 0 aliphatic heterocycles. The third-order valence-corrected chi connectivity index (χ3v) is 3.82. The molecule has 1 fully saturated rings. The fourth-order valence-electron chi connectivity index (χ4n) is 2.37. The van der Waals surface area contributed by atoms with Crippen molar-refractivity contribution < 1.29 is 0 Å². The minimum absolute atomic E-state index is 0.376. The van der Waals surface area contributed by atoms with E-state index in [2.05, 4.69) is 31.3 Å². The van der Waals surface area contributed by atoms with Gasteiger partial charge in [-0.05, 0) is 36.6 Å². The van der Waals surface area contributed by atoms with Crippen LogP contribution >= 0.6 is 11.6 Å². The molecule has 0 radical (unpaired) electrons. The number of rotatable bonds is 4. The third-order valence-electron chi connectivity index (χ3n) is 3.56. The largest absolute Gasteiger partial charge is 0.316 e. The lowest BCUT2D eigenvalue weighted by Crippen LogP contribution is -2.28. The average molecular weight is 224 g/mol. The first-order valence-electron chi connectivity index (χ1n) is 5.66. The summed E-state index contributed by atoms with van der Waals surface area (Å²) in [5.74, 6) is 0.790. The zero-order valence-corrected chi connectivity index (χ0v) is 10.1. The van der Waals surface area contributed by atoms with Gasteiger partial charge in [-0.3, -0.25) is 0 Å². The summed E-state index contributed by atoms with van der Waals surface area (Å²) in [5, 5.41) is 4.29. The first kappa shape index (κ1) is 11.0. The molecule has 1 nitrogen and oxygen atoms in total. The molecule has 15 heavy (non-hydrogen) atoms. The normalized spacial score (nSPS) is 29.1. The molecule has 1 aromatic rings. The van der Waals surface area contributed by atoms with Crippen LogP contribution in [0.5, 0.6) is 0 Å². The van der Waals surface area contributed by atoms with E-state index in [0.29, 0.717) is 5.41 Å². The minimum Gasteiger partial charge on any atom is -0.316 e. The van der Waals surface area contributed by atoms with Crippen molar-refractivity contribution in [2.75, 3.05) is 13.1 Å². The molecule has 1 N–H and O–H groups in total. The van der Waals surface area contributed by atoms with Crippen LogP contribution in [-0.4, -0.2) is 13.1 Å². The van der Waals surface area contributed by atoms with Crippen LogP contribution in [-0.2, 0) is 5.41 Å². The van der Waals surface area contributed by atoms with E-state index in [1.54, 1.807) is 0 Å². The predicted molar refractivity (Wildman–Crippen MR) is 65.5 cm³/mol. The molecule has 2 unspecified atom stereocenters. The second-order valence-corrected chi connectivity index (χ2v) is 4.98. The Balaban J connectivity index is 2.16. The van der Waals surface area contributed by atoms with E-state index < -0.39 is 0 Å². The van der Waals surface area contributed by atoms with E-state index in [9.17, 15) is 0 Å². The van der Waals surface area contributed by atoms with Gasteiger partial charge in [0.15, 0.2) is 0 Å². The molecule has 2 atom stereocenters. The summed E-state index contributed by atoms with van der Waals surface area (Å²) in [6, 6.07) is 8.33. The summed E-state index contributed by atoms with van der Waals surface area (Å²) >= 11 is 5.91. The van der Waals surface area contributed by atoms with E-state index in [1.165, 1.54) is 12.0 Å². The number of hydrogen-bond donors (Lipinski definition) is 1. The highest BCUT2D eigenvalue weighted by molar-refractivity contribution is 6.30. The minimum atomic E-state index is 0.376. The Hall–Kier alpha value is -0.530. The summed E-state index contributed by atoms with van der Waals surface area (Å²) < 4.78 is 0. The van der Waals surface area contributed by atoms with Gasteiger partial charge in [-0.25, -0.2) is 0 Å². The number of nitrogens with one attached hydrogen (secondary N) is 1. The highest BCUT2D eigenvalue weighted by Crippen LogP contribution is 2.53. The van der Waals surface area contributed by atoms with E-state index in [0.717, 1.165) is 24.0 Å². The van der Waals surface area contributed by atoms with Crippen molar-refractivity contribution in [1.82, 2.24) is 5.32 Å². The van der Waals surface area contributed by atoms with Gasteiger partial charge in [0.25, 0.3) is 0 Å². The maximum Gasteiger partial charge on any atom is 0.0406 e. The van der Waals surface area contributed by atoms with E-state index in [-0.39, 0.29) is 0 Å². The van der Waals surface area contributed by atoms with E-state index in [1.807, 2.05) is 12.1 Å². The van der Waals surface area contributed by atoms with Crippen LogP contribution in [0.15, 0.2) is 24.3 Å². The zero-order chi connectivity index (χ0) is 10.9. The fourth-order valence-corrected chi connectivity index (χ4v) is 2.49. The van der Waals surface area contributed by atoms with E-state index >= 15 is 0 Å². The van der Waals surface area contributed by atoms with E-state index in [4.69, 9.17) is 11.6 Å². The van der Waals surface area contributed by atoms with Crippen molar-refractivity contribution in [3.05, 3.63) is 34.9 Å². The molecular weight excluding hydrogens is 206 g/mol. The SMILES string of the molecule is CCNCC1(c2ccc(Cl)cc2)CC1C. The fraction of sp³-hybridized carbons (Fsp3) is 0.538. The van der Waals surface area contributed by atoms with Crippen LogP contribution < -0.4 is 5.32 Å². The van der Waals surface area contributed by atoms with Crippen LogP contribution in [0.3, 0.4) is 0 Å². The molecular formula is C13H18ClN. The molecule has 82 valence electrons. The predicted octanol–water partition coefficient (Wildman–Crippen LogP) is 3.23. The second-order valence-electron chi connectivity index (χ2n) is 4.55. The molecule has 0 spiro atoms. The first-order chi connectivity index (χ1) is 7.19. The van der Waals surface area contributed by atoms with Crippen molar-refractivity contribution in [1.29, 1.82) is 0 Å². The lowest BCUT2D eigenvalue weighted by atomic mass is 9.93. The number of halogens is 1. The van der Waals surface area contributed by atoms with Crippen LogP contribution in [0, 0.1) is 5.92 Å². The quantitative estimate of drug-likeness (QED) is 0.827. The molecule has 0 saturated heterocycles. The van der Waals surface area contributed by atoms with Gasteiger partial charge in [-0.1, -0.05) is 37.6 Å². The van der Waals surface area contributed by atoms with Gasteiger partial charge in [0, 0.05) is 17.0 Å². The summed E-state index contributed by atoms with van der Waals surface area (Å²) in [7, 11) is 0. The van der Waals surface area contributed by atoms with Gasteiger partial charge >= 0.3 is 0 Å². The highest BCUT2D eigenvalue weighted by Gasteiger charge is 2.51. The van der Waals surface area contributed by atoms with Crippen LogP contribution in [0.4, 0.5) is 0 Å². The molecule has 1 aliphatic rings. The number of likely N-dealkylation sites (N-methyl/N-ethyl adjacent to an activating group) is 1. The molecule has 2 rings (SSSR count). The Morgan fingerprint density at radius 3 is 2.47 bits per heavy atom. The van der Waals surface area contributed by atoms with Crippen molar-refractivity contribution in [2.24, 2.45) is 5.92 Å². The topological polar surface area (TPSA) is 12.0 Å². The Kier molecular flexibility index (Phi) is 3.03. The van der Waals surface area contributed by atoms with Gasteiger partial charge in [0.2, 0.25) is 0 Å². The average Bonchev–Trinajstić information content (AvgIpc) is 2.89. The lowest BCUT2D eigenvalue weighted by Gasteiger charge is -2.17. The lowest BCUT2D eigenvalue weighted by molar-refractivity contribution is 0.555. The Morgan fingerprint density at radius 1 is 1.40 bits per heavy atom. The van der Waals surface area contributed by atoms with Crippen molar-refractivity contribution in [2.45, 2.75) is 25.7 Å². The van der Waals surface area contributed by atoms with Crippen LogP contribution in [0.1, 0.15) is 25.8 Å². The zero-order valence-electron chi connectivity index (χ0n) is 9.39. The molecule has 0 aromatic heterocycles. The Morgan fingerprint density at radius 2 is 2.00 bits per heavy atom. The molecule has 1 saturated carbocycles. The molecule has 0 amide bonds. The molecule has 0 heterocycles. The number of benzene rings is 1. The summed E-state index contributed by atoms with van der Waals surface area (Å²) in [4.78, 5) is 0. The standard InChI is InChI=1S/C13H18ClN/c1-3-15-9-13(8-10(13)2)11-4-6-12(14)7-5-11/h4-7,10,15H,3,8-9H2,1-2H3. The first-order valence-corrected chi connectivity index (χ1v) is 6.03. The van der Waals surface area contributed by atoms with Gasteiger partial charge in [-0.15, -0.1) is 0 Å². The molecule has 0 bridgehead atoms. The number of hydrogen-bond acceptors (Lipinski definition) is 1. The third kappa shape index (κ3) is 2.04. The monoisotopic (exact) mass is 223 g/mol. The maximum absolute atomic E-state index is 5.91. The van der Waals surface area contributed by atoms with Crippen molar-refractivity contribution >= 4 is 11.6 Å². The van der Waals surface area contributed by atoms with Gasteiger partial charge < -0.3 is 5.32 Å². The molecule has 1 aromatic carbocycles. The second kappa shape index (κ2) is 4.15. The molecule has 1 aliphatic carbocycles. The van der Waals surface area contributed by atoms with Crippen molar-refractivity contribution in [3.8, 4) is 0 Å². The maximum atomic E-state index is 5.91. The van der Waals surface area contributed by atoms with Crippen molar-refractivity contribution in [3.63, 3.8) is 0 Å². The Bertz CT molecular complexity index is 333. The van der Waals surface area contributed by atoms with Gasteiger partial charge in [0.1, 0.15) is 0 Å². The van der Waals surface area contributed by atoms with Gasteiger partial charge in [0.05, 0.1) is 0 Å². The summed E-state index contributed by atoms with van der Waals surface area (Å²) in [5.41, 5.74) is 1.81. The Labute approximate surface area is 96.8 Å². The summed E-state index contributed by atoms with van der Waals surface area (Å²) in [6.45, 7) is 6.61. The van der Waals surface area contributed by atoms with Crippen LogP contribution in [0.2, 0.25) is 5.02 Å². The summed E-state index contributed by atoms with van der Waals surface area (Å²) in [6.07, 6.45) is 1.29. The van der Waals surface area contributed by atoms with Gasteiger partial charge in [-0.2, -0.15) is 0 Å². The molecule has 2 heteroatoms. The highest BCUT2D eigenvalue weighted by atomic mass is 35.5. The van der Waals surface area contributed by atoms with Crippen LogP contribution in [0.25, 0.3) is 0 Å².